The average Bonchev–Trinajstić information content (AvgIpc) is 2.31. The normalized spacial score (nSPS) is 13.9. The van der Waals surface area contributed by atoms with Gasteiger partial charge in [-0.3, -0.25) is 0 Å². The van der Waals surface area contributed by atoms with Crippen molar-refractivity contribution in [3.05, 3.63) is 34.3 Å². The highest BCUT2D eigenvalue weighted by molar-refractivity contribution is 9.10. The standard InChI is InChI=1S/C15H25BrN2/c1-6-17-14(15(2,3)18(4)5)11-12-9-7-8-10-13(12)16/h7-10,14,17H,6,11H2,1-5H3. The Morgan fingerprint density at radius 1 is 1.28 bits per heavy atom. The molecule has 0 fully saturated rings. The van der Waals surface area contributed by atoms with E-state index in [1.54, 1.807) is 0 Å². The van der Waals surface area contributed by atoms with Gasteiger partial charge in [0.2, 0.25) is 0 Å². The first-order valence-corrected chi connectivity index (χ1v) is 7.33. The zero-order valence-corrected chi connectivity index (χ0v) is 13.7. The number of benzene rings is 1. The van der Waals surface area contributed by atoms with Gasteiger partial charge >= 0.3 is 0 Å². The summed E-state index contributed by atoms with van der Waals surface area (Å²) in [7, 11) is 4.29. The minimum absolute atomic E-state index is 0.116. The fraction of sp³-hybridized carbons (Fsp3) is 0.600. The van der Waals surface area contributed by atoms with Crippen molar-refractivity contribution in [1.82, 2.24) is 10.2 Å². The maximum atomic E-state index is 3.64. The van der Waals surface area contributed by atoms with Crippen LogP contribution in [0.2, 0.25) is 0 Å². The van der Waals surface area contributed by atoms with Crippen LogP contribution in [0.3, 0.4) is 0 Å². The molecule has 0 saturated carbocycles. The molecule has 1 atom stereocenters. The third-order valence-electron chi connectivity index (χ3n) is 3.84. The molecule has 1 aromatic carbocycles. The van der Waals surface area contributed by atoms with E-state index in [0.29, 0.717) is 6.04 Å². The number of rotatable bonds is 6. The molecule has 2 nitrogen and oxygen atoms in total. The topological polar surface area (TPSA) is 15.3 Å². The average molecular weight is 313 g/mol. The first-order valence-electron chi connectivity index (χ1n) is 6.53. The quantitative estimate of drug-likeness (QED) is 0.867. The largest absolute Gasteiger partial charge is 0.312 e. The molecule has 0 spiro atoms. The maximum absolute atomic E-state index is 3.64. The van der Waals surface area contributed by atoms with Gasteiger partial charge in [0.15, 0.2) is 0 Å². The zero-order chi connectivity index (χ0) is 13.8. The molecule has 0 heterocycles. The summed E-state index contributed by atoms with van der Waals surface area (Å²) in [5, 5.41) is 3.62. The second kappa shape index (κ2) is 6.69. The summed E-state index contributed by atoms with van der Waals surface area (Å²) in [6.07, 6.45) is 1.03. The molecule has 0 aromatic heterocycles. The fourth-order valence-electron chi connectivity index (χ4n) is 2.01. The highest BCUT2D eigenvalue weighted by Gasteiger charge is 2.31. The summed E-state index contributed by atoms with van der Waals surface area (Å²) < 4.78 is 1.20. The van der Waals surface area contributed by atoms with Gasteiger partial charge in [-0.1, -0.05) is 41.1 Å². The van der Waals surface area contributed by atoms with Crippen molar-refractivity contribution in [3.8, 4) is 0 Å². The molecule has 0 amide bonds. The number of nitrogens with zero attached hydrogens (tertiary/aromatic N) is 1. The van der Waals surface area contributed by atoms with Gasteiger partial charge in [-0.15, -0.1) is 0 Å². The minimum atomic E-state index is 0.116. The van der Waals surface area contributed by atoms with Gasteiger partial charge in [0.1, 0.15) is 0 Å². The summed E-state index contributed by atoms with van der Waals surface area (Å²) >= 11 is 3.64. The van der Waals surface area contributed by atoms with Crippen molar-refractivity contribution in [2.24, 2.45) is 0 Å². The molecule has 3 heteroatoms. The number of halogens is 1. The second-order valence-electron chi connectivity index (χ2n) is 5.45. The Hall–Kier alpha value is -0.380. The van der Waals surface area contributed by atoms with Crippen molar-refractivity contribution < 1.29 is 0 Å². The van der Waals surface area contributed by atoms with Crippen LogP contribution in [0.1, 0.15) is 26.3 Å². The second-order valence-corrected chi connectivity index (χ2v) is 6.31. The van der Waals surface area contributed by atoms with Gasteiger partial charge in [-0.25, -0.2) is 0 Å². The summed E-state index contributed by atoms with van der Waals surface area (Å²) in [5.41, 5.74) is 1.48. The first-order chi connectivity index (χ1) is 8.39. The molecule has 1 rings (SSSR count). The van der Waals surface area contributed by atoms with Gasteiger partial charge in [-0.05, 0) is 52.5 Å². The Morgan fingerprint density at radius 3 is 2.39 bits per heavy atom. The summed E-state index contributed by atoms with van der Waals surface area (Å²) in [6.45, 7) is 7.74. The monoisotopic (exact) mass is 312 g/mol. The lowest BCUT2D eigenvalue weighted by atomic mass is 9.88. The molecule has 0 aliphatic rings. The predicted octanol–water partition coefficient (Wildman–Crippen LogP) is 3.31. The molecule has 0 aliphatic carbocycles. The Labute approximate surface area is 120 Å². The Kier molecular flexibility index (Phi) is 5.83. The Bertz CT molecular complexity index is 375. The van der Waals surface area contributed by atoms with Crippen molar-refractivity contribution >= 4 is 15.9 Å². The lowest BCUT2D eigenvalue weighted by molar-refractivity contribution is 0.138. The van der Waals surface area contributed by atoms with Crippen molar-refractivity contribution in [2.45, 2.75) is 38.8 Å². The van der Waals surface area contributed by atoms with E-state index in [0.717, 1.165) is 13.0 Å². The Balaban J connectivity index is 2.91. The molecule has 1 aromatic rings. The van der Waals surface area contributed by atoms with Gasteiger partial charge in [0.05, 0.1) is 0 Å². The van der Waals surface area contributed by atoms with Gasteiger partial charge in [-0.2, -0.15) is 0 Å². The number of hydrogen-bond acceptors (Lipinski definition) is 2. The Morgan fingerprint density at radius 2 is 1.89 bits per heavy atom. The van der Waals surface area contributed by atoms with Gasteiger partial charge in [0, 0.05) is 16.1 Å². The van der Waals surface area contributed by atoms with Gasteiger partial charge in [0.25, 0.3) is 0 Å². The van der Waals surface area contributed by atoms with Crippen molar-refractivity contribution in [1.29, 1.82) is 0 Å². The van der Waals surface area contributed by atoms with Crippen LogP contribution in [0.5, 0.6) is 0 Å². The molecule has 0 radical (unpaired) electrons. The van der Waals surface area contributed by atoms with E-state index < -0.39 is 0 Å². The maximum Gasteiger partial charge on any atom is 0.0303 e. The molecule has 1 N–H and O–H groups in total. The van der Waals surface area contributed by atoms with Crippen LogP contribution in [-0.2, 0) is 6.42 Å². The van der Waals surface area contributed by atoms with E-state index >= 15 is 0 Å². The van der Waals surface area contributed by atoms with Crippen molar-refractivity contribution in [2.75, 3.05) is 20.6 Å². The SMILES string of the molecule is CCNC(Cc1ccccc1Br)C(C)(C)N(C)C. The summed E-state index contributed by atoms with van der Waals surface area (Å²) in [6, 6.07) is 8.90. The first kappa shape index (κ1) is 15.7. The lowest BCUT2D eigenvalue weighted by Gasteiger charge is -2.41. The van der Waals surface area contributed by atoms with E-state index in [-0.39, 0.29) is 5.54 Å². The lowest BCUT2D eigenvalue weighted by Crippen LogP contribution is -2.56. The van der Waals surface area contributed by atoms with Crippen molar-refractivity contribution in [3.63, 3.8) is 0 Å². The van der Waals surface area contributed by atoms with Crippen LogP contribution in [0, 0.1) is 0 Å². The van der Waals surface area contributed by atoms with Crippen LogP contribution in [0.4, 0.5) is 0 Å². The molecule has 0 bridgehead atoms. The van der Waals surface area contributed by atoms with E-state index in [1.165, 1.54) is 10.0 Å². The molecule has 18 heavy (non-hydrogen) atoms. The van der Waals surface area contributed by atoms with Crippen LogP contribution in [0.25, 0.3) is 0 Å². The predicted molar refractivity (Wildman–Crippen MR) is 83.1 cm³/mol. The molecular formula is C15H25BrN2. The van der Waals surface area contributed by atoms with Crippen LogP contribution in [0.15, 0.2) is 28.7 Å². The molecule has 1 unspecified atom stereocenters. The van der Waals surface area contributed by atoms with E-state index in [2.05, 4.69) is 85.3 Å². The smallest absolute Gasteiger partial charge is 0.0303 e. The molecule has 102 valence electrons. The van der Waals surface area contributed by atoms with E-state index in [4.69, 9.17) is 0 Å². The molecular weight excluding hydrogens is 288 g/mol. The zero-order valence-electron chi connectivity index (χ0n) is 12.1. The van der Waals surface area contributed by atoms with E-state index in [9.17, 15) is 0 Å². The van der Waals surface area contributed by atoms with Crippen LogP contribution < -0.4 is 5.32 Å². The highest BCUT2D eigenvalue weighted by Crippen LogP contribution is 2.23. The third kappa shape index (κ3) is 3.81. The molecule has 0 saturated heterocycles. The fourth-order valence-corrected chi connectivity index (χ4v) is 2.46. The third-order valence-corrected chi connectivity index (χ3v) is 4.61. The minimum Gasteiger partial charge on any atom is -0.312 e. The summed E-state index contributed by atoms with van der Waals surface area (Å²) in [5.74, 6) is 0. The number of nitrogens with one attached hydrogen (secondary N) is 1. The number of hydrogen-bond donors (Lipinski definition) is 1. The number of likely N-dealkylation sites (N-methyl/N-ethyl adjacent to an activating group) is 2. The van der Waals surface area contributed by atoms with Crippen LogP contribution in [-0.4, -0.2) is 37.1 Å². The summed E-state index contributed by atoms with van der Waals surface area (Å²) in [4.78, 5) is 2.29. The molecule has 0 aliphatic heterocycles. The van der Waals surface area contributed by atoms with Crippen LogP contribution >= 0.6 is 15.9 Å². The van der Waals surface area contributed by atoms with Gasteiger partial charge < -0.3 is 10.2 Å². The van der Waals surface area contributed by atoms with E-state index in [1.807, 2.05) is 0 Å². The highest BCUT2D eigenvalue weighted by atomic mass is 79.9.